The van der Waals surface area contributed by atoms with Gasteiger partial charge in [0.25, 0.3) is 0 Å². The van der Waals surface area contributed by atoms with E-state index in [9.17, 15) is 19.8 Å². The summed E-state index contributed by atoms with van der Waals surface area (Å²) in [7, 11) is 1.47. The monoisotopic (exact) mass is 289 g/mol. The van der Waals surface area contributed by atoms with Crippen LogP contribution in [0.3, 0.4) is 0 Å². The van der Waals surface area contributed by atoms with Crippen LogP contribution in [-0.2, 0) is 9.59 Å². The summed E-state index contributed by atoms with van der Waals surface area (Å²) in [6.45, 7) is 1.50. The predicted molar refractivity (Wildman–Crippen MR) is 74.1 cm³/mol. The second kappa shape index (κ2) is 5.40. The molecule has 0 radical (unpaired) electrons. The Kier molecular flexibility index (Phi) is 3.80. The lowest BCUT2D eigenvalue weighted by Crippen LogP contribution is -2.36. The number of hydrogen-bond donors (Lipinski definition) is 2. The third-order valence-corrected chi connectivity index (χ3v) is 3.64. The summed E-state index contributed by atoms with van der Waals surface area (Å²) < 4.78 is 4.96. The average Bonchev–Trinajstić information content (AvgIpc) is 2.47. The number of aliphatic carboxylic acids is 2. The first kappa shape index (κ1) is 14.8. The number of rotatable bonds is 4. The maximum Gasteiger partial charge on any atom is 0.332 e. The zero-order valence-electron chi connectivity index (χ0n) is 11.6. The van der Waals surface area contributed by atoms with Crippen LogP contribution in [0.2, 0.25) is 0 Å². The van der Waals surface area contributed by atoms with Crippen molar-refractivity contribution in [2.75, 3.05) is 7.11 Å². The highest BCUT2D eigenvalue weighted by atomic mass is 16.5. The summed E-state index contributed by atoms with van der Waals surface area (Å²) in [5.41, 5.74) is -0.813. The SMILES string of the molecule is COc1ccc(C2C(C(=O)O)=CC=CC2(C)C(=O)O)cn1. The van der Waals surface area contributed by atoms with E-state index in [1.54, 1.807) is 12.1 Å². The fourth-order valence-electron chi connectivity index (χ4n) is 2.47. The van der Waals surface area contributed by atoms with E-state index in [2.05, 4.69) is 4.98 Å². The van der Waals surface area contributed by atoms with E-state index in [1.807, 2.05) is 0 Å². The van der Waals surface area contributed by atoms with Crippen molar-refractivity contribution < 1.29 is 24.5 Å². The zero-order valence-corrected chi connectivity index (χ0v) is 11.6. The van der Waals surface area contributed by atoms with Crippen LogP contribution in [0.15, 0.2) is 42.1 Å². The largest absolute Gasteiger partial charge is 0.481 e. The Bertz CT molecular complexity index is 632. The van der Waals surface area contributed by atoms with E-state index in [0.717, 1.165) is 0 Å². The Hall–Kier alpha value is -2.63. The van der Waals surface area contributed by atoms with Crippen LogP contribution < -0.4 is 4.74 Å². The van der Waals surface area contributed by atoms with Crippen LogP contribution in [0, 0.1) is 5.41 Å². The molecule has 21 heavy (non-hydrogen) atoms. The molecule has 2 unspecified atom stereocenters. The minimum absolute atomic E-state index is 0.0226. The minimum Gasteiger partial charge on any atom is -0.481 e. The van der Waals surface area contributed by atoms with Crippen molar-refractivity contribution in [3.8, 4) is 5.88 Å². The molecule has 110 valence electrons. The summed E-state index contributed by atoms with van der Waals surface area (Å²) in [5, 5.41) is 18.9. The van der Waals surface area contributed by atoms with Gasteiger partial charge in [-0.05, 0) is 12.5 Å². The predicted octanol–water partition coefficient (Wildman–Crippen LogP) is 1.85. The number of pyridine rings is 1. The fourth-order valence-corrected chi connectivity index (χ4v) is 2.47. The summed E-state index contributed by atoms with van der Waals surface area (Å²) >= 11 is 0. The average molecular weight is 289 g/mol. The second-order valence-electron chi connectivity index (χ2n) is 4.94. The van der Waals surface area contributed by atoms with Crippen LogP contribution in [-0.4, -0.2) is 34.2 Å². The van der Waals surface area contributed by atoms with Gasteiger partial charge in [-0.25, -0.2) is 9.78 Å². The number of carboxylic acid groups (broad SMARTS) is 2. The molecule has 0 aromatic carbocycles. The van der Waals surface area contributed by atoms with Crippen molar-refractivity contribution in [2.24, 2.45) is 5.41 Å². The van der Waals surface area contributed by atoms with E-state index < -0.39 is 23.3 Å². The maximum absolute atomic E-state index is 11.6. The number of hydrogen-bond acceptors (Lipinski definition) is 4. The van der Waals surface area contributed by atoms with Crippen LogP contribution in [0.25, 0.3) is 0 Å². The molecule has 2 N–H and O–H groups in total. The summed E-state index contributed by atoms with van der Waals surface area (Å²) in [6, 6.07) is 3.21. The van der Waals surface area contributed by atoms with Crippen molar-refractivity contribution in [1.29, 1.82) is 0 Å². The van der Waals surface area contributed by atoms with Gasteiger partial charge in [0.2, 0.25) is 5.88 Å². The quantitative estimate of drug-likeness (QED) is 0.878. The van der Waals surface area contributed by atoms with E-state index in [-0.39, 0.29) is 5.57 Å². The van der Waals surface area contributed by atoms with Gasteiger partial charge in [-0.1, -0.05) is 24.3 Å². The zero-order chi connectivity index (χ0) is 15.6. The molecule has 1 heterocycles. The number of carboxylic acids is 2. The Labute approximate surface area is 121 Å². The van der Waals surface area contributed by atoms with Gasteiger partial charge in [0.05, 0.1) is 12.5 Å². The highest BCUT2D eigenvalue weighted by molar-refractivity contribution is 5.93. The first-order chi connectivity index (χ1) is 9.90. The molecule has 6 nitrogen and oxygen atoms in total. The molecule has 0 aliphatic heterocycles. The lowest BCUT2D eigenvalue weighted by Gasteiger charge is -2.34. The molecule has 1 aliphatic rings. The molecule has 1 aliphatic carbocycles. The summed E-state index contributed by atoms with van der Waals surface area (Å²) in [4.78, 5) is 27.1. The van der Waals surface area contributed by atoms with Crippen LogP contribution >= 0.6 is 0 Å². The van der Waals surface area contributed by atoms with Gasteiger partial charge >= 0.3 is 11.9 Å². The standard InChI is InChI=1S/C15H15NO5/c1-15(14(19)20)7-3-4-10(13(17)18)12(15)9-5-6-11(21-2)16-8-9/h3-8,12H,1-2H3,(H,17,18)(H,19,20). The smallest absolute Gasteiger partial charge is 0.332 e. The number of aromatic nitrogens is 1. The van der Waals surface area contributed by atoms with Crippen molar-refractivity contribution >= 4 is 11.9 Å². The number of carbonyl (C=O) groups is 2. The lowest BCUT2D eigenvalue weighted by atomic mass is 9.67. The molecule has 0 spiro atoms. The van der Waals surface area contributed by atoms with E-state index in [4.69, 9.17) is 4.74 Å². The molecule has 0 saturated heterocycles. The van der Waals surface area contributed by atoms with Gasteiger partial charge in [0, 0.05) is 23.8 Å². The Morgan fingerprint density at radius 2 is 2.05 bits per heavy atom. The van der Waals surface area contributed by atoms with Crippen molar-refractivity contribution in [2.45, 2.75) is 12.8 Å². The fraction of sp³-hybridized carbons (Fsp3) is 0.267. The minimum atomic E-state index is -1.35. The van der Waals surface area contributed by atoms with Gasteiger partial charge < -0.3 is 14.9 Å². The Morgan fingerprint density at radius 1 is 1.33 bits per heavy atom. The van der Waals surface area contributed by atoms with Crippen LogP contribution in [0.5, 0.6) is 5.88 Å². The van der Waals surface area contributed by atoms with Gasteiger partial charge in [-0.2, -0.15) is 0 Å². The number of ether oxygens (including phenoxy) is 1. The van der Waals surface area contributed by atoms with E-state index in [0.29, 0.717) is 11.4 Å². The second-order valence-corrected chi connectivity index (χ2v) is 4.94. The highest BCUT2D eigenvalue weighted by Crippen LogP contribution is 2.45. The van der Waals surface area contributed by atoms with E-state index >= 15 is 0 Å². The summed E-state index contributed by atoms with van der Waals surface area (Å²) in [5.74, 6) is -2.68. The Balaban J connectivity index is 2.56. The molecule has 1 aromatic heterocycles. The summed E-state index contributed by atoms with van der Waals surface area (Å²) in [6.07, 6.45) is 5.82. The number of methoxy groups -OCH3 is 1. The maximum atomic E-state index is 11.6. The van der Waals surface area contributed by atoms with Crippen LogP contribution in [0.4, 0.5) is 0 Å². The number of allylic oxidation sites excluding steroid dienone is 2. The first-order valence-corrected chi connectivity index (χ1v) is 6.26. The normalized spacial score (nSPS) is 24.3. The third-order valence-electron chi connectivity index (χ3n) is 3.64. The lowest BCUT2D eigenvalue weighted by molar-refractivity contribution is -0.146. The topological polar surface area (TPSA) is 96.7 Å². The van der Waals surface area contributed by atoms with Crippen molar-refractivity contribution in [1.82, 2.24) is 4.98 Å². The molecule has 2 rings (SSSR count). The molecule has 6 heteroatoms. The molecule has 0 saturated carbocycles. The molecular weight excluding hydrogens is 274 g/mol. The van der Waals surface area contributed by atoms with Crippen molar-refractivity contribution in [3.05, 3.63) is 47.7 Å². The first-order valence-electron chi connectivity index (χ1n) is 6.26. The van der Waals surface area contributed by atoms with Gasteiger partial charge in [-0.3, -0.25) is 4.79 Å². The van der Waals surface area contributed by atoms with Crippen molar-refractivity contribution in [3.63, 3.8) is 0 Å². The molecule has 1 aromatic rings. The molecular formula is C15H15NO5. The van der Waals surface area contributed by atoms with Gasteiger partial charge in [-0.15, -0.1) is 0 Å². The molecule has 0 fully saturated rings. The third kappa shape index (κ3) is 2.52. The molecule has 0 amide bonds. The van der Waals surface area contributed by atoms with Gasteiger partial charge in [0.1, 0.15) is 0 Å². The Morgan fingerprint density at radius 3 is 2.52 bits per heavy atom. The highest BCUT2D eigenvalue weighted by Gasteiger charge is 2.45. The number of nitrogens with zero attached hydrogens (tertiary/aromatic N) is 1. The molecule has 0 bridgehead atoms. The van der Waals surface area contributed by atoms with Crippen LogP contribution in [0.1, 0.15) is 18.4 Å². The molecule has 2 atom stereocenters. The van der Waals surface area contributed by atoms with Gasteiger partial charge in [0.15, 0.2) is 0 Å². The van der Waals surface area contributed by atoms with E-state index in [1.165, 1.54) is 38.5 Å².